The Labute approximate surface area is 114 Å². The van der Waals surface area contributed by atoms with Gasteiger partial charge in [0.25, 0.3) is 0 Å². The van der Waals surface area contributed by atoms with Crippen LogP contribution in [0.5, 0.6) is 0 Å². The summed E-state index contributed by atoms with van der Waals surface area (Å²) >= 11 is 1.78. The number of rotatable bonds is 6. The fourth-order valence-electron chi connectivity index (χ4n) is 2.25. The Kier molecular flexibility index (Phi) is 5.41. The van der Waals surface area contributed by atoms with Gasteiger partial charge in [-0.15, -0.1) is 11.3 Å². The van der Waals surface area contributed by atoms with Crippen molar-refractivity contribution in [2.45, 2.75) is 26.2 Å². The molecule has 0 amide bonds. The van der Waals surface area contributed by atoms with E-state index in [0.717, 1.165) is 45.6 Å². The maximum atomic E-state index is 5.52. The van der Waals surface area contributed by atoms with Crippen molar-refractivity contribution in [3.8, 4) is 0 Å². The summed E-state index contributed by atoms with van der Waals surface area (Å²) in [5.41, 5.74) is 6.75. The van der Waals surface area contributed by atoms with Crippen LogP contribution in [0.15, 0.2) is 5.38 Å². The molecule has 1 aliphatic heterocycles. The van der Waals surface area contributed by atoms with Crippen LogP contribution in [0, 0.1) is 0 Å². The van der Waals surface area contributed by atoms with E-state index in [0.29, 0.717) is 0 Å². The Bertz CT molecular complexity index is 345. The molecule has 0 unspecified atom stereocenters. The quantitative estimate of drug-likeness (QED) is 0.796. The van der Waals surface area contributed by atoms with Crippen LogP contribution in [-0.4, -0.2) is 49.2 Å². The van der Waals surface area contributed by atoms with Crippen molar-refractivity contribution in [2.24, 2.45) is 5.73 Å². The Balaban J connectivity index is 1.75. The lowest BCUT2D eigenvalue weighted by Gasteiger charge is -2.34. The molecular weight excluding hydrogens is 244 g/mol. The lowest BCUT2D eigenvalue weighted by molar-refractivity contribution is 0.253. The van der Waals surface area contributed by atoms with Gasteiger partial charge in [-0.05, 0) is 32.4 Å². The van der Waals surface area contributed by atoms with Crippen LogP contribution < -0.4 is 10.6 Å². The van der Waals surface area contributed by atoms with Gasteiger partial charge in [-0.2, -0.15) is 0 Å². The number of nitrogens with two attached hydrogens (primary N) is 1. The van der Waals surface area contributed by atoms with Gasteiger partial charge in [0, 0.05) is 31.6 Å². The minimum Gasteiger partial charge on any atom is -0.346 e. The van der Waals surface area contributed by atoms with E-state index in [2.05, 4.69) is 27.1 Å². The highest BCUT2D eigenvalue weighted by molar-refractivity contribution is 7.13. The van der Waals surface area contributed by atoms with E-state index in [1.807, 2.05) is 0 Å². The Hall–Kier alpha value is -0.650. The van der Waals surface area contributed by atoms with Crippen molar-refractivity contribution in [1.82, 2.24) is 9.88 Å². The highest BCUT2D eigenvalue weighted by Gasteiger charge is 2.18. The molecule has 0 spiro atoms. The van der Waals surface area contributed by atoms with Gasteiger partial charge < -0.3 is 10.6 Å². The molecule has 4 nitrogen and oxygen atoms in total. The molecule has 0 aliphatic carbocycles. The van der Waals surface area contributed by atoms with E-state index in [1.54, 1.807) is 11.3 Å². The van der Waals surface area contributed by atoms with Crippen molar-refractivity contribution in [3.63, 3.8) is 0 Å². The Morgan fingerprint density at radius 3 is 2.67 bits per heavy atom. The average molecular weight is 268 g/mol. The molecule has 0 radical (unpaired) electrons. The SMILES string of the molecule is CCc1csc(N2CCN(CCCCN)CC2)n1. The molecule has 1 saturated heterocycles. The summed E-state index contributed by atoms with van der Waals surface area (Å²) in [6.07, 6.45) is 3.41. The Morgan fingerprint density at radius 2 is 2.06 bits per heavy atom. The number of unbranched alkanes of at least 4 members (excludes halogenated alkanes) is 1. The van der Waals surface area contributed by atoms with Gasteiger partial charge in [-0.25, -0.2) is 4.98 Å². The first-order valence-electron chi connectivity index (χ1n) is 6.95. The number of piperazine rings is 1. The standard InChI is InChI=1S/C13H24N4S/c1-2-12-11-18-13(15-12)17-9-7-16(8-10-17)6-4-3-5-14/h11H,2-10,14H2,1H3. The van der Waals surface area contributed by atoms with Crippen LogP contribution in [0.2, 0.25) is 0 Å². The molecule has 0 atom stereocenters. The predicted molar refractivity (Wildman–Crippen MR) is 78.4 cm³/mol. The zero-order chi connectivity index (χ0) is 12.8. The van der Waals surface area contributed by atoms with E-state index >= 15 is 0 Å². The topological polar surface area (TPSA) is 45.4 Å². The van der Waals surface area contributed by atoms with Crippen LogP contribution in [0.1, 0.15) is 25.5 Å². The molecule has 1 aromatic rings. The number of anilines is 1. The minimum absolute atomic E-state index is 0.818. The van der Waals surface area contributed by atoms with E-state index in [1.165, 1.54) is 23.8 Å². The normalized spacial score (nSPS) is 17.3. The number of hydrogen-bond donors (Lipinski definition) is 1. The lowest BCUT2D eigenvalue weighted by Crippen LogP contribution is -2.46. The van der Waals surface area contributed by atoms with Crippen molar-refractivity contribution in [1.29, 1.82) is 0 Å². The van der Waals surface area contributed by atoms with Crippen LogP contribution in [-0.2, 0) is 6.42 Å². The van der Waals surface area contributed by atoms with Gasteiger partial charge in [0.15, 0.2) is 5.13 Å². The number of nitrogens with zero attached hydrogens (tertiary/aromatic N) is 3. The van der Waals surface area contributed by atoms with E-state index in [4.69, 9.17) is 5.73 Å². The monoisotopic (exact) mass is 268 g/mol. The maximum absolute atomic E-state index is 5.52. The zero-order valence-electron chi connectivity index (χ0n) is 11.3. The second-order valence-electron chi connectivity index (χ2n) is 4.80. The van der Waals surface area contributed by atoms with Gasteiger partial charge in [-0.1, -0.05) is 6.92 Å². The summed E-state index contributed by atoms with van der Waals surface area (Å²) in [6, 6.07) is 0. The third-order valence-electron chi connectivity index (χ3n) is 3.47. The van der Waals surface area contributed by atoms with E-state index in [9.17, 15) is 0 Å². The fourth-order valence-corrected chi connectivity index (χ4v) is 3.21. The fraction of sp³-hybridized carbons (Fsp3) is 0.769. The van der Waals surface area contributed by atoms with E-state index in [-0.39, 0.29) is 0 Å². The van der Waals surface area contributed by atoms with E-state index < -0.39 is 0 Å². The van der Waals surface area contributed by atoms with Gasteiger partial charge in [-0.3, -0.25) is 4.90 Å². The summed E-state index contributed by atoms with van der Waals surface area (Å²) in [5.74, 6) is 0. The van der Waals surface area contributed by atoms with Gasteiger partial charge in [0.05, 0.1) is 5.69 Å². The van der Waals surface area contributed by atoms with Crippen molar-refractivity contribution in [3.05, 3.63) is 11.1 Å². The first-order chi connectivity index (χ1) is 8.83. The van der Waals surface area contributed by atoms with Crippen LogP contribution in [0.4, 0.5) is 5.13 Å². The third-order valence-corrected chi connectivity index (χ3v) is 4.42. The van der Waals surface area contributed by atoms with Crippen LogP contribution in [0.3, 0.4) is 0 Å². The van der Waals surface area contributed by atoms with Crippen LogP contribution in [0.25, 0.3) is 0 Å². The van der Waals surface area contributed by atoms with Gasteiger partial charge in [0.2, 0.25) is 0 Å². The first kappa shape index (κ1) is 13.8. The number of hydrogen-bond acceptors (Lipinski definition) is 5. The Morgan fingerprint density at radius 1 is 1.28 bits per heavy atom. The van der Waals surface area contributed by atoms with Crippen molar-refractivity contribution < 1.29 is 0 Å². The number of aryl methyl sites for hydroxylation is 1. The molecule has 102 valence electrons. The molecule has 0 aromatic carbocycles. The highest BCUT2D eigenvalue weighted by Crippen LogP contribution is 2.22. The molecule has 5 heteroatoms. The van der Waals surface area contributed by atoms with Gasteiger partial charge in [0.1, 0.15) is 0 Å². The minimum atomic E-state index is 0.818. The first-order valence-corrected chi connectivity index (χ1v) is 7.83. The summed E-state index contributed by atoms with van der Waals surface area (Å²) in [5, 5.41) is 3.39. The van der Waals surface area contributed by atoms with Crippen molar-refractivity contribution >= 4 is 16.5 Å². The summed E-state index contributed by atoms with van der Waals surface area (Å²) in [4.78, 5) is 9.62. The molecule has 2 N–H and O–H groups in total. The number of aromatic nitrogens is 1. The summed E-state index contributed by atoms with van der Waals surface area (Å²) in [7, 11) is 0. The second-order valence-corrected chi connectivity index (χ2v) is 5.64. The molecular formula is C13H24N4S. The third kappa shape index (κ3) is 3.67. The largest absolute Gasteiger partial charge is 0.346 e. The smallest absolute Gasteiger partial charge is 0.185 e. The van der Waals surface area contributed by atoms with Gasteiger partial charge >= 0.3 is 0 Å². The average Bonchev–Trinajstić information content (AvgIpc) is 2.89. The molecule has 0 saturated carbocycles. The lowest BCUT2D eigenvalue weighted by atomic mass is 10.2. The summed E-state index contributed by atoms with van der Waals surface area (Å²) < 4.78 is 0. The molecule has 0 bridgehead atoms. The predicted octanol–water partition coefficient (Wildman–Crippen LogP) is 1.57. The molecule has 2 heterocycles. The highest BCUT2D eigenvalue weighted by atomic mass is 32.1. The molecule has 1 fully saturated rings. The zero-order valence-corrected chi connectivity index (χ0v) is 12.1. The van der Waals surface area contributed by atoms with Crippen molar-refractivity contribution in [2.75, 3.05) is 44.2 Å². The maximum Gasteiger partial charge on any atom is 0.185 e. The molecule has 2 rings (SSSR count). The summed E-state index contributed by atoms with van der Waals surface area (Å²) in [6.45, 7) is 8.71. The molecule has 18 heavy (non-hydrogen) atoms. The molecule has 1 aromatic heterocycles. The molecule has 1 aliphatic rings. The van der Waals surface area contributed by atoms with Crippen LogP contribution >= 0.6 is 11.3 Å². The second kappa shape index (κ2) is 7.07. The number of thiazole rings is 1.